The van der Waals surface area contributed by atoms with Crippen molar-refractivity contribution in [2.24, 2.45) is 0 Å². The Morgan fingerprint density at radius 3 is 2.59 bits per heavy atom. The van der Waals surface area contributed by atoms with E-state index in [0.29, 0.717) is 16.3 Å². The van der Waals surface area contributed by atoms with E-state index in [9.17, 15) is 9.59 Å². The van der Waals surface area contributed by atoms with E-state index in [1.54, 1.807) is 24.3 Å². The van der Waals surface area contributed by atoms with Gasteiger partial charge in [-0.1, -0.05) is 17.7 Å². The third-order valence-electron chi connectivity index (χ3n) is 4.47. The zero-order chi connectivity index (χ0) is 19.4. The molecule has 2 aromatic rings. The lowest BCUT2D eigenvalue weighted by molar-refractivity contribution is -0.115. The van der Waals surface area contributed by atoms with Crippen LogP contribution in [0.2, 0.25) is 5.02 Å². The molecule has 6 heteroatoms. The van der Waals surface area contributed by atoms with E-state index in [1.807, 2.05) is 36.9 Å². The van der Waals surface area contributed by atoms with Crippen LogP contribution in [0.4, 0.5) is 11.4 Å². The Morgan fingerprint density at radius 2 is 1.89 bits per heavy atom. The Morgan fingerprint density at radius 1 is 1.15 bits per heavy atom. The van der Waals surface area contributed by atoms with E-state index in [0.717, 1.165) is 30.6 Å². The number of amides is 2. The lowest BCUT2D eigenvalue weighted by Crippen LogP contribution is -2.38. The molecule has 5 nitrogen and oxygen atoms in total. The van der Waals surface area contributed by atoms with E-state index in [-0.39, 0.29) is 24.4 Å². The molecule has 0 bridgehead atoms. The first-order valence-electron chi connectivity index (χ1n) is 9.17. The smallest absolute Gasteiger partial charge is 0.251 e. The van der Waals surface area contributed by atoms with Crippen molar-refractivity contribution in [1.29, 1.82) is 0 Å². The van der Waals surface area contributed by atoms with Crippen LogP contribution in [0.15, 0.2) is 42.5 Å². The van der Waals surface area contributed by atoms with Crippen LogP contribution in [0.25, 0.3) is 0 Å². The first kappa shape index (κ1) is 19.2. The molecule has 1 aliphatic rings. The number of rotatable bonds is 5. The van der Waals surface area contributed by atoms with Gasteiger partial charge in [-0.25, -0.2) is 0 Å². The molecule has 0 fully saturated rings. The second-order valence-electron chi connectivity index (χ2n) is 7.01. The predicted molar refractivity (Wildman–Crippen MR) is 110 cm³/mol. The summed E-state index contributed by atoms with van der Waals surface area (Å²) in [5.74, 6) is -0.156. The standard InChI is InChI=1S/C21H24ClN3O2/c1-14(2)23-21(27)18-5-3-7-19-17(18)6-4-12-25(19)13-20(26)24-16-10-8-15(22)9-11-16/h3,5,7-11,14H,4,6,12-13H2,1-2H3,(H,23,27)(H,24,26). The van der Waals surface area contributed by atoms with Gasteiger partial charge in [-0.05, 0) is 68.7 Å². The Kier molecular flexibility index (Phi) is 6.01. The first-order chi connectivity index (χ1) is 12.9. The topological polar surface area (TPSA) is 61.4 Å². The maximum absolute atomic E-state index is 12.5. The van der Waals surface area contributed by atoms with Crippen LogP contribution < -0.4 is 15.5 Å². The molecule has 0 radical (unpaired) electrons. The number of hydrogen-bond acceptors (Lipinski definition) is 3. The fraction of sp³-hybridized carbons (Fsp3) is 0.333. The van der Waals surface area contributed by atoms with Crippen LogP contribution in [-0.2, 0) is 11.2 Å². The molecule has 3 rings (SSSR count). The minimum atomic E-state index is -0.0952. The van der Waals surface area contributed by atoms with Gasteiger partial charge in [0.15, 0.2) is 0 Å². The molecular weight excluding hydrogens is 362 g/mol. The van der Waals surface area contributed by atoms with Crippen molar-refractivity contribution in [3.8, 4) is 0 Å². The van der Waals surface area contributed by atoms with Gasteiger partial charge in [0.25, 0.3) is 5.91 Å². The maximum atomic E-state index is 12.5. The van der Waals surface area contributed by atoms with Crippen molar-refractivity contribution in [3.63, 3.8) is 0 Å². The molecule has 0 spiro atoms. The molecule has 0 saturated carbocycles. The summed E-state index contributed by atoms with van der Waals surface area (Å²) in [6.45, 7) is 4.92. The normalized spacial score (nSPS) is 13.3. The third-order valence-corrected chi connectivity index (χ3v) is 4.73. The fourth-order valence-corrected chi connectivity index (χ4v) is 3.45. The number of benzene rings is 2. The van der Waals surface area contributed by atoms with Gasteiger partial charge in [-0.3, -0.25) is 9.59 Å². The molecule has 2 amide bonds. The van der Waals surface area contributed by atoms with Gasteiger partial charge < -0.3 is 15.5 Å². The monoisotopic (exact) mass is 385 g/mol. The molecule has 1 heterocycles. The molecular formula is C21H24ClN3O2. The summed E-state index contributed by atoms with van der Waals surface area (Å²) in [5.41, 5.74) is 3.39. The van der Waals surface area contributed by atoms with Gasteiger partial charge in [0.2, 0.25) is 5.91 Å². The number of nitrogens with zero attached hydrogens (tertiary/aromatic N) is 1. The number of carbonyl (C=O) groups is 2. The second kappa shape index (κ2) is 8.44. The highest BCUT2D eigenvalue weighted by Gasteiger charge is 2.23. The lowest BCUT2D eigenvalue weighted by atomic mass is 9.95. The fourth-order valence-electron chi connectivity index (χ4n) is 3.32. The maximum Gasteiger partial charge on any atom is 0.251 e. The highest BCUT2D eigenvalue weighted by atomic mass is 35.5. The van der Waals surface area contributed by atoms with Gasteiger partial charge in [0.1, 0.15) is 0 Å². The molecule has 0 aromatic heterocycles. The molecule has 1 aliphatic heterocycles. The molecule has 0 atom stereocenters. The number of halogens is 1. The molecule has 0 aliphatic carbocycles. The average molecular weight is 386 g/mol. The van der Waals surface area contributed by atoms with Crippen LogP contribution in [0.5, 0.6) is 0 Å². The van der Waals surface area contributed by atoms with E-state index in [2.05, 4.69) is 10.6 Å². The van der Waals surface area contributed by atoms with Crippen LogP contribution >= 0.6 is 11.6 Å². The SMILES string of the molecule is CC(C)NC(=O)c1cccc2c1CCCN2CC(=O)Nc1ccc(Cl)cc1. The highest BCUT2D eigenvalue weighted by molar-refractivity contribution is 6.30. The summed E-state index contributed by atoms with van der Waals surface area (Å²) in [5, 5.41) is 6.48. The van der Waals surface area contributed by atoms with E-state index >= 15 is 0 Å². The number of anilines is 2. The second-order valence-corrected chi connectivity index (χ2v) is 7.45. The summed E-state index contributed by atoms with van der Waals surface area (Å²) in [4.78, 5) is 27.0. The van der Waals surface area contributed by atoms with Crippen molar-refractivity contribution in [1.82, 2.24) is 5.32 Å². The molecule has 0 saturated heterocycles. The molecule has 2 N–H and O–H groups in total. The van der Waals surface area contributed by atoms with Crippen molar-refractivity contribution in [2.45, 2.75) is 32.7 Å². The van der Waals surface area contributed by atoms with E-state index in [4.69, 9.17) is 11.6 Å². The summed E-state index contributed by atoms with van der Waals surface area (Å²) >= 11 is 5.88. The zero-order valence-corrected chi connectivity index (χ0v) is 16.3. The van der Waals surface area contributed by atoms with Crippen molar-refractivity contribution in [3.05, 3.63) is 58.6 Å². The largest absolute Gasteiger partial charge is 0.362 e. The van der Waals surface area contributed by atoms with E-state index in [1.165, 1.54) is 0 Å². The number of hydrogen-bond donors (Lipinski definition) is 2. The van der Waals surface area contributed by atoms with Gasteiger partial charge in [0.05, 0.1) is 6.54 Å². The van der Waals surface area contributed by atoms with Crippen molar-refractivity contribution < 1.29 is 9.59 Å². The summed E-state index contributed by atoms with van der Waals surface area (Å²) < 4.78 is 0. The molecule has 142 valence electrons. The van der Waals surface area contributed by atoms with Gasteiger partial charge in [-0.15, -0.1) is 0 Å². The lowest BCUT2D eigenvalue weighted by Gasteiger charge is -2.32. The Bertz CT molecular complexity index is 834. The van der Waals surface area contributed by atoms with Crippen LogP contribution in [0.3, 0.4) is 0 Å². The third kappa shape index (κ3) is 4.80. The van der Waals surface area contributed by atoms with Crippen molar-refractivity contribution >= 4 is 34.8 Å². The highest BCUT2D eigenvalue weighted by Crippen LogP contribution is 2.30. The minimum absolute atomic E-state index is 0.0608. The van der Waals surface area contributed by atoms with Gasteiger partial charge in [0, 0.05) is 34.5 Å². The predicted octanol–water partition coefficient (Wildman–Crippen LogP) is 3.87. The number of carbonyl (C=O) groups excluding carboxylic acids is 2. The molecule has 2 aromatic carbocycles. The van der Waals surface area contributed by atoms with Crippen LogP contribution in [0.1, 0.15) is 36.2 Å². The van der Waals surface area contributed by atoms with Gasteiger partial charge >= 0.3 is 0 Å². The zero-order valence-electron chi connectivity index (χ0n) is 15.6. The summed E-state index contributed by atoms with van der Waals surface area (Å²) in [7, 11) is 0. The Balaban J connectivity index is 1.75. The van der Waals surface area contributed by atoms with Crippen LogP contribution in [0, 0.1) is 0 Å². The van der Waals surface area contributed by atoms with E-state index < -0.39 is 0 Å². The number of fused-ring (bicyclic) bond motifs is 1. The minimum Gasteiger partial charge on any atom is -0.362 e. The molecule has 27 heavy (non-hydrogen) atoms. The Hall–Kier alpha value is -2.53. The van der Waals surface area contributed by atoms with Gasteiger partial charge in [-0.2, -0.15) is 0 Å². The Labute approximate surface area is 164 Å². The van der Waals surface area contributed by atoms with Crippen LogP contribution in [-0.4, -0.2) is 30.9 Å². The van der Waals surface area contributed by atoms with Crippen molar-refractivity contribution in [2.75, 3.05) is 23.3 Å². The molecule has 0 unspecified atom stereocenters. The summed E-state index contributed by atoms with van der Waals surface area (Å²) in [6.07, 6.45) is 1.75. The quantitative estimate of drug-likeness (QED) is 0.821. The first-order valence-corrected chi connectivity index (χ1v) is 9.55. The average Bonchev–Trinajstić information content (AvgIpc) is 2.63. The number of nitrogens with one attached hydrogen (secondary N) is 2. The summed E-state index contributed by atoms with van der Waals surface area (Å²) in [6, 6.07) is 12.8.